The van der Waals surface area contributed by atoms with Crippen molar-refractivity contribution < 1.29 is 21.6 Å². The second-order valence-corrected chi connectivity index (χ2v) is 7.15. The lowest BCUT2D eigenvalue weighted by atomic mass is 10.1. The van der Waals surface area contributed by atoms with Crippen LogP contribution in [-0.2, 0) is 9.84 Å². The number of alkyl halides is 3. The first-order valence-corrected chi connectivity index (χ1v) is 8.03. The van der Waals surface area contributed by atoms with E-state index < -0.39 is 20.2 Å². The highest BCUT2D eigenvalue weighted by Crippen LogP contribution is 2.34. The lowest BCUT2D eigenvalue weighted by Gasteiger charge is -2.16. The number of para-hydroxylation sites is 1. The van der Waals surface area contributed by atoms with Gasteiger partial charge in [-0.05, 0) is 38.1 Å². The van der Waals surface area contributed by atoms with Gasteiger partial charge in [-0.15, -0.1) is 0 Å². The Morgan fingerprint density at radius 1 is 1.33 bits per heavy atom. The summed E-state index contributed by atoms with van der Waals surface area (Å²) < 4.78 is 61.1. The largest absolute Gasteiger partial charge is 0.501 e. The van der Waals surface area contributed by atoms with Gasteiger partial charge >= 0.3 is 5.51 Å². The minimum absolute atomic E-state index is 0.00405. The average Bonchev–Trinajstić information content (AvgIpc) is 2.81. The van der Waals surface area contributed by atoms with Crippen LogP contribution in [-0.4, -0.2) is 45.5 Å². The van der Waals surface area contributed by atoms with Crippen molar-refractivity contribution in [2.75, 3.05) is 32.0 Å². The molecule has 0 spiro atoms. The third kappa shape index (κ3) is 3.49. The van der Waals surface area contributed by atoms with E-state index in [1.54, 1.807) is 0 Å². The summed E-state index contributed by atoms with van der Waals surface area (Å²) in [4.78, 5) is 1.41. The van der Waals surface area contributed by atoms with Gasteiger partial charge in [0, 0.05) is 13.1 Å². The minimum Gasteiger partial charge on any atom is -0.384 e. The Morgan fingerprint density at radius 2 is 2.00 bits per heavy atom. The van der Waals surface area contributed by atoms with Crippen molar-refractivity contribution in [2.24, 2.45) is 5.92 Å². The summed E-state index contributed by atoms with van der Waals surface area (Å²) in [6, 6.07) is 5.13. The van der Waals surface area contributed by atoms with E-state index in [4.69, 9.17) is 0 Å². The fraction of sp³-hybridized carbons (Fsp3) is 0.538. The molecule has 0 unspecified atom stereocenters. The molecule has 4 nitrogen and oxygen atoms in total. The number of anilines is 1. The van der Waals surface area contributed by atoms with Crippen LogP contribution in [0.1, 0.15) is 6.42 Å². The first-order chi connectivity index (χ1) is 9.72. The van der Waals surface area contributed by atoms with Crippen LogP contribution >= 0.6 is 0 Å². The van der Waals surface area contributed by atoms with E-state index in [2.05, 4.69) is 10.2 Å². The van der Waals surface area contributed by atoms with Crippen molar-refractivity contribution in [1.29, 1.82) is 0 Å². The smallest absolute Gasteiger partial charge is 0.384 e. The Balaban J connectivity index is 2.18. The molecule has 118 valence electrons. The van der Waals surface area contributed by atoms with E-state index >= 15 is 0 Å². The number of halogens is 3. The van der Waals surface area contributed by atoms with E-state index in [0.717, 1.165) is 25.6 Å². The number of benzene rings is 1. The van der Waals surface area contributed by atoms with Crippen LogP contribution in [0.4, 0.5) is 18.9 Å². The summed E-state index contributed by atoms with van der Waals surface area (Å²) in [5.41, 5.74) is -5.29. The molecule has 0 aromatic heterocycles. The predicted molar refractivity (Wildman–Crippen MR) is 73.8 cm³/mol. The average molecular weight is 322 g/mol. The molecule has 0 aliphatic carbocycles. The lowest BCUT2D eigenvalue weighted by Crippen LogP contribution is -2.25. The van der Waals surface area contributed by atoms with Crippen LogP contribution < -0.4 is 5.32 Å². The highest BCUT2D eigenvalue weighted by atomic mass is 32.2. The Bertz CT molecular complexity index is 602. The van der Waals surface area contributed by atoms with Gasteiger partial charge in [0.05, 0.1) is 10.6 Å². The summed E-state index contributed by atoms with van der Waals surface area (Å²) in [5.74, 6) is 0.302. The monoisotopic (exact) mass is 322 g/mol. The first-order valence-electron chi connectivity index (χ1n) is 6.54. The second kappa shape index (κ2) is 5.84. The summed E-state index contributed by atoms with van der Waals surface area (Å²) in [6.45, 7) is 2.24. The summed E-state index contributed by atoms with van der Waals surface area (Å²) in [6.07, 6.45) is 0.942. The summed E-state index contributed by atoms with van der Waals surface area (Å²) in [5, 5.41) is 2.85. The van der Waals surface area contributed by atoms with Gasteiger partial charge in [0.2, 0.25) is 0 Å². The van der Waals surface area contributed by atoms with Crippen LogP contribution in [0.25, 0.3) is 0 Å². The summed E-state index contributed by atoms with van der Waals surface area (Å²) >= 11 is 0. The molecule has 1 fully saturated rings. The number of hydrogen-bond donors (Lipinski definition) is 1. The molecule has 1 saturated heterocycles. The topological polar surface area (TPSA) is 49.4 Å². The van der Waals surface area contributed by atoms with Gasteiger partial charge in [-0.2, -0.15) is 13.2 Å². The molecule has 1 aliphatic heterocycles. The molecule has 0 saturated carbocycles. The molecule has 0 amide bonds. The molecule has 2 rings (SSSR count). The molecule has 1 aliphatic rings. The quantitative estimate of drug-likeness (QED) is 0.924. The molecule has 1 aromatic rings. The molecule has 21 heavy (non-hydrogen) atoms. The maximum atomic E-state index is 12.7. The van der Waals surface area contributed by atoms with Crippen molar-refractivity contribution in [2.45, 2.75) is 16.8 Å². The van der Waals surface area contributed by atoms with Crippen molar-refractivity contribution in [1.82, 2.24) is 4.90 Å². The zero-order valence-electron chi connectivity index (χ0n) is 11.5. The van der Waals surface area contributed by atoms with Gasteiger partial charge in [-0.1, -0.05) is 12.1 Å². The standard InChI is InChI=1S/C13H17F3N2O2S/c1-18-7-6-10(9-18)8-17-11-4-2-3-5-12(11)21(19,20)13(14,15)16/h2-5,10,17H,6-9H2,1H3/t10-/m0/s1. The van der Waals surface area contributed by atoms with E-state index in [1.165, 1.54) is 18.2 Å². The number of sulfone groups is 1. The number of rotatable bonds is 4. The molecule has 1 aromatic carbocycles. The number of nitrogens with zero attached hydrogens (tertiary/aromatic N) is 1. The predicted octanol–water partition coefficient (Wildman–Crippen LogP) is 2.34. The van der Waals surface area contributed by atoms with E-state index in [0.29, 0.717) is 12.5 Å². The molecule has 1 atom stereocenters. The Hall–Kier alpha value is -1.28. The zero-order chi connectivity index (χ0) is 15.7. The number of hydrogen-bond acceptors (Lipinski definition) is 4. The van der Waals surface area contributed by atoms with Gasteiger partial charge in [0.15, 0.2) is 0 Å². The molecular weight excluding hydrogens is 305 g/mol. The van der Waals surface area contributed by atoms with Crippen LogP contribution in [0, 0.1) is 5.92 Å². The van der Waals surface area contributed by atoms with Gasteiger partial charge in [-0.3, -0.25) is 0 Å². The Labute approximate surface area is 121 Å². The molecule has 1 heterocycles. The molecule has 8 heteroatoms. The van der Waals surface area contributed by atoms with E-state index in [1.807, 2.05) is 7.05 Å². The maximum Gasteiger partial charge on any atom is 0.501 e. The fourth-order valence-corrected chi connectivity index (χ4v) is 3.36. The minimum atomic E-state index is -5.34. The van der Waals surface area contributed by atoms with Crippen molar-refractivity contribution in [3.63, 3.8) is 0 Å². The third-order valence-corrected chi connectivity index (χ3v) is 5.10. The zero-order valence-corrected chi connectivity index (χ0v) is 12.3. The fourth-order valence-electron chi connectivity index (χ4n) is 2.42. The molecular formula is C13H17F3N2O2S. The first kappa shape index (κ1) is 16.1. The van der Waals surface area contributed by atoms with Gasteiger partial charge in [0.25, 0.3) is 9.84 Å². The second-order valence-electron chi connectivity index (χ2n) is 5.24. The van der Waals surface area contributed by atoms with Crippen molar-refractivity contribution in [3.05, 3.63) is 24.3 Å². The maximum absolute atomic E-state index is 12.7. The van der Waals surface area contributed by atoms with Gasteiger partial charge in [-0.25, -0.2) is 8.42 Å². The van der Waals surface area contributed by atoms with Gasteiger partial charge < -0.3 is 10.2 Å². The SMILES string of the molecule is CN1CC[C@@H](CNc2ccccc2S(=O)(=O)C(F)(F)F)C1. The lowest BCUT2D eigenvalue weighted by molar-refractivity contribution is -0.0435. The van der Waals surface area contributed by atoms with Crippen LogP contribution in [0.5, 0.6) is 0 Å². The molecule has 0 bridgehead atoms. The normalized spacial score (nSPS) is 20.7. The van der Waals surface area contributed by atoms with Crippen LogP contribution in [0.15, 0.2) is 29.2 Å². The summed E-state index contributed by atoms with van der Waals surface area (Å²) in [7, 11) is -3.36. The number of likely N-dealkylation sites (tertiary alicyclic amines) is 1. The molecule has 1 N–H and O–H groups in total. The van der Waals surface area contributed by atoms with Crippen LogP contribution in [0.2, 0.25) is 0 Å². The van der Waals surface area contributed by atoms with Crippen molar-refractivity contribution in [3.8, 4) is 0 Å². The third-order valence-electron chi connectivity index (χ3n) is 3.55. The van der Waals surface area contributed by atoms with Crippen LogP contribution in [0.3, 0.4) is 0 Å². The molecule has 0 radical (unpaired) electrons. The number of nitrogens with one attached hydrogen (secondary N) is 1. The Morgan fingerprint density at radius 3 is 2.57 bits per heavy atom. The van der Waals surface area contributed by atoms with E-state index in [-0.39, 0.29) is 5.69 Å². The highest BCUT2D eigenvalue weighted by Gasteiger charge is 2.47. The highest BCUT2D eigenvalue weighted by molar-refractivity contribution is 7.92. The van der Waals surface area contributed by atoms with Crippen molar-refractivity contribution >= 4 is 15.5 Å². The van der Waals surface area contributed by atoms with E-state index in [9.17, 15) is 21.6 Å². The van der Waals surface area contributed by atoms with Gasteiger partial charge in [0.1, 0.15) is 0 Å². The Kier molecular flexibility index (Phi) is 4.48.